The van der Waals surface area contributed by atoms with E-state index in [4.69, 9.17) is 4.74 Å². The second-order valence-electron chi connectivity index (χ2n) is 5.33. The molecule has 2 rings (SSSR count). The van der Waals surface area contributed by atoms with Crippen molar-refractivity contribution in [2.24, 2.45) is 0 Å². The highest BCUT2D eigenvalue weighted by Crippen LogP contribution is 2.28. The molecule has 0 spiro atoms. The van der Waals surface area contributed by atoms with E-state index in [9.17, 15) is 4.79 Å². The van der Waals surface area contributed by atoms with Gasteiger partial charge in [-0.1, -0.05) is 17.4 Å². The summed E-state index contributed by atoms with van der Waals surface area (Å²) in [6.07, 6.45) is 2.92. The number of carbonyl (C=O) groups is 1. The molecular weight excluding hydrogens is 354 g/mol. The van der Waals surface area contributed by atoms with Crippen molar-refractivity contribution in [3.63, 3.8) is 0 Å². The molecule has 0 aliphatic carbocycles. The van der Waals surface area contributed by atoms with Gasteiger partial charge in [0.25, 0.3) is 0 Å². The average Bonchev–Trinajstić information content (AvgIpc) is 2.81. The lowest BCUT2D eigenvalue weighted by Gasteiger charge is -2.25. The fraction of sp³-hybridized carbons (Fsp3) is 0.357. The van der Waals surface area contributed by atoms with Gasteiger partial charge >= 0.3 is 6.09 Å². The topological polar surface area (TPSA) is 55.3 Å². The molecule has 1 amide bonds. The molecule has 2 aromatic heterocycles. The molecule has 0 saturated carbocycles. The van der Waals surface area contributed by atoms with Crippen LogP contribution in [-0.4, -0.2) is 21.7 Å². The molecule has 2 heterocycles. The van der Waals surface area contributed by atoms with Gasteiger partial charge in [-0.05, 0) is 48.8 Å². The number of rotatable bonds is 3. The van der Waals surface area contributed by atoms with E-state index in [1.165, 1.54) is 16.2 Å². The van der Waals surface area contributed by atoms with Crippen LogP contribution in [0.4, 0.5) is 9.93 Å². The molecule has 5 nitrogen and oxygen atoms in total. The first-order chi connectivity index (χ1) is 9.85. The molecule has 0 aliphatic rings. The van der Waals surface area contributed by atoms with E-state index in [1.807, 2.05) is 39.0 Å². The highest BCUT2D eigenvalue weighted by molar-refractivity contribution is 9.11. The molecular formula is C14H16BrN3O2S. The molecule has 0 unspecified atom stereocenters. The maximum absolute atomic E-state index is 12.4. The Balaban J connectivity index is 2.24. The number of halogens is 1. The second kappa shape index (κ2) is 6.53. The van der Waals surface area contributed by atoms with Crippen molar-refractivity contribution >= 4 is 38.5 Å². The lowest BCUT2D eigenvalue weighted by Crippen LogP contribution is -2.36. The fourth-order valence-corrected chi connectivity index (χ4v) is 2.72. The van der Waals surface area contributed by atoms with Gasteiger partial charge in [-0.15, -0.1) is 0 Å². The van der Waals surface area contributed by atoms with Crippen LogP contribution in [0, 0.1) is 0 Å². The molecule has 112 valence electrons. The van der Waals surface area contributed by atoms with Crippen molar-refractivity contribution in [1.29, 1.82) is 0 Å². The standard InChI is InChI=1S/C14H16BrN3O2S/c1-14(2,3)20-13(19)18(12-17-8-11(15)21-12)9-10-6-4-5-7-16-10/h4-8H,9H2,1-3H3. The van der Waals surface area contributed by atoms with E-state index in [0.717, 1.165) is 9.48 Å². The van der Waals surface area contributed by atoms with Crippen molar-refractivity contribution in [2.45, 2.75) is 32.9 Å². The van der Waals surface area contributed by atoms with Crippen LogP contribution in [0.1, 0.15) is 26.5 Å². The zero-order valence-corrected chi connectivity index (χ0v) is 14.4. The summed E-state index contributed by atoms with van der Waals surface area (Å²) in [5.41, 5.74) is 0.211. The van der Waals surface area contributed by atoms with Gasteiger partial charge in [-0.2, -0.15) is 0 Å². The number of carbonyl (C=O) groups excluding carboxylic acids is 1. The van der Waals surface area contributed by atoms with Gasteiger partial charge in [-0.3, -0.25) is 4.98 Å². The summed E-state index contributed by atoms with van der Waals surface area (Å²) in [5, 5.41) is 0.571. The number of thiazole rings is 1. The molecule has 0 fully saturated rings. The van der Waals surface area contributed by atoms with Crippen molar-refractivity contribution in [1.82, 2.24) is 9.97 Å². The van der Waals surface area contributed by atoms with Crippen LogP contribution in [-0.2, 0) is 11.3 Å². The Bertz CT molecular complexity index is 610. The van der Waals surface area contributed by atoms with Crippen LogP contribution in [0.25, 0.3) is 0 Å². The highest BCUT2D eigenvalue weighted by atomic mass is 79.9. The van der Waals surface area contributed by atoms with Crippen molar-refractivity contribution in [2.75, 3.05) is 4.90 Å². The number of hydrogen-bond donors (Lipinski definition) is 0. The minimum absolute atomic E-state index is 0.315. The van der Waals surface area contributed by atoms with E-state index in [0.29, 0.717) is 11.7 Å². The van der Waals surface area contributed by atoms with Crippen molar-refractivity contribution in [3.05, 3.63) is 40.1 Å². The number of aromatic nitrogens is 2. The average molecular weight is 370 g/mol. The number of nitrogens with zero attached hydrogens (tertiary/aromatic N) is 3. The molecule has 0 saturated heterocycles. The Morgan fingerprint density at radius 1 is 1.38 bits per heavy atom. The molecule has 2 aromatic rings. The lowest BCUT2D eigenvalue weighted by molar-refractivity contribution is 0.0577. The Labute approximate surface area is 136 Å². The van der Waals surface area contributed by atoms with Gasteiger partial charge in [-0.25, -0.2) is 14.7 Å². The van der Waals surface area contributed by atoms with Crippen LogP contribution in [0.15, 0.2) is 34.4 Å². The molecule has 0 radical (unpaired) electrons. The van der Waals surface area contributed by atoms with Crippen LogP contribution >= 0.6 is 27.3 Å². The van der Waals surface area contributed by atoms with Crippen molar-refractivity contribution < 1.29 is 9.53 Å². The summed E-state index contributed by atoms with van der Waals surface area (Å²) in [6.45, 7) is 5.82. The molecule has 0 N–H and O–H groups in total. The first kappa shape index (κ1) is 15.9. The second-order valence-corrected chi connectivity index (χ2v) is 7.72. The third-order valence-corrected chi connectivity index (χ3v) is 3.86. The van der Waals surface area contributed by atoms with Crippen LogP contribution in [0.5, 0.6) is 0 Å². The molecule has 21 heavy (non-hydrogen) atoms. The zero-order valence-electron chi connectivity index (χ0n) is 12.0. The van der Waals surface area contributed by atoms with Gasteiger partial charge in [0.1, 0.15) is 5.60 Å². The number of pyridine rings is 1. The number of ether oxygens (including phenoxy) is 1. The first-order valence-electron chi connectivity index (χ1n) is 6.37. The van der Waals surface area contributed by atoms with E-state index < -0.39 is 11.7 Å². The van der Waals surface area contributed by atoms with E-state index in [-0.39, 0.29) is 0 Å². The normalized spacial score (nSPS) is 11.2. The molecule has 0 atom stereocenters. The van der Waals surface area contributed by atoms with Gasteiger partial charge < -0.3 is 4.74 Å². The molecule has 0 aromatic carbocycles. The maximum atomic E-state index is 12.4. The first-order valence-corrected chi connectivity index (χ1v) is 7.98. The van der Waals surface area contributed by atoms with Gasteiger partial charge in [0.2, 0.25) is 0 Å². The third-order valence-electron chi connectivity index (χ3n) is 2.36. The summed E-state index contributed by atoms with van der Waals surface area (Å²) in [5.74, 6) is 0. The minimum atomic E-state index is -0.562. The number of amides is 1. The van der Waals surface area contributed by atoms with Crippen LogP contribution in [0.2, 0.25) is 0 Å². The fourth-order valence-electron chi connectivity index (χ4n) is 1.55. The van der Waals surface area contributed by atoms with E-state index >= 15 is 0 Å². The van der Waals surface area contributed by atoms with Crippen molar-refractivity contribution in [3.8, 4) is 0 Å². The minimum Gasteiger partial charge on any atom is -0.443 e. The lowest BCUT2D eigenvalue weighted by atomic mass is 10.2. The molecule has 0 aliphatic heterocycles. The van der Waals surface area contributed by atoms with Gasteiger partial charge in [0, 0.05) is 6.20 Å². The third kappa shape index (κ3) is 4.78. The summed E-state index contributed by atoms with van der Waals surface area (Å²) in [4.78, 5) is 22.4. The molecule has 7 heteroatoms. The molecule has 0 bridgehead atoms. The summed E-state index contributed by atoms with van der Waals surface area (Å²) < 4.78 is 6.30. The zero-order chi connectivity index (χ0) is 15.5. The van der Waals surface area contributed by atoms with E-state index in [2.05, 4.69) is 25.9 Å². The monoisotopic (exact) mass is 369 g/mol. The predicted octanol–water partition coefficient (Wildman–Crippen LogP) is 4.24. The number of hydrogen-bond acceptors (Lipinski definition) is 5. The Hall–Kier alpha value is -1.47. The Morgan fingerprint density at radius 2 is 2.14 bits per heavy atom. The quantitative estimate of drug-likeness (QED) is 0.811. The van der Waals surface area contributed by atoms with E-state index in [1.54, 1.807) is 12.4 Å². The number of anilines is 1. The van der Waals surface area contributed by atoms with Crippen LogP contribution in [0.3, 0.4) is 0 Å². The summed E-state index contributed by atoms with van der Waals surface area (Å²) in [7, 11) is 0. The Kier molecular flexibility index (Phi) is 4.95. The van der Waals surface area contributed by atoms with Crippen LogP contribution < -0.4 is 4.90 Å². The van der Waals surface area contributed by atoms with Gasteiger partial charge in [0.05, 0.1) is 22.2 Å². The largest absolute Gasteiger partial charge is 0.443 e. The maximum Gasteiger partial charge on any atom is 0.417 e. The SMILES string of the molecule is CC(C)(C)OC(=O)N(Cc1ccccn1)c1ncc(Br)s1. The highest BCUT2D eigenvalue weighted by Gasteiger charge is 2.25. The summed E-state index contributed by atoms with van der Waals surface area (Å²) in [6, 6.07) is 5.58. The summed E-state index contributed by atoms with van der Waals surface area (Å²) >= 11 is 4.73. The Morgan fingerprint density at radius 3 is 2.67 bits per heavy atom. The predicted molar refractivity (Wildman–Crippen MR) is 86.5 cm³/mol. The smallest absolute Gasteiger partial charge is 0.417 e. The van der Waals surface area contributed by atoms with Gasteiger partial charge in [0.15, 0.2) is 5.13 Å².